The minimum atomic E-state index is -0.0212. The lowest BCUT2D eigenvalue weighted by molar-refractivity contribution is 0.0824. The van der Waals surface area contributed by atoms with Gasteiger partial charge < -0.3 is 15.2 Å². The van der Waals surface area contributed by atoms with E-state index in [1.54, 1.807) is 0 Å². The molecular weight excluding hydrogens is 444 g/mol. The van der Waals surface area contributed by atoms with E-state index < -0.39 is 0 Å². The zero-order valence-corrected chi connectivity index (χ0v) is 20.5. The van der Waals surface area contributed by atoms with E-state index in [2.05, 4.69) is 52.1 Å². The Morgan fingerprint density at radius 2 is 1.76 bits per heavy atom. The number of nitrogens with one attached hydrogen (secondary N) is 2. The normalized spacial score (nSPS) is 15.7. The minimum Gasteiger partial charge on any atom is -0.369 e. The molecule has 1 unspecified atom stereocenters. The van der Waals surface area contributed by atoms with Gasteiger partial charge in [-0.3, -0.25) is 9.69 Å². The fourth-order valence-electron chi connectivity index (χ4n) is 5.06. The lowest BCUT2D eigenvalue weighted by Crippen LogP contribution is -2.56. The van der Waals surface area contributed by atoms with Gasteiger partial charge in [-0.1, -0.05) is 55.3 Å². The van der Waals surface area contributed by atoms with Crippen LogP contribution in [0.1, 0.15) is 35.7 Å². The molecule has 34 heavy (non-hydrogen) atoms. The largest absolute Gasteiger partial charge is 0.369 e. The van der Waals surface area contributed by atoms with Gasteiger partial charge in [0.1, 0.15) is 0 Å². The van der Waals surface area contributed by atoms with Crippen LogP contribution in [0.25, 0.3) is 21.8 Å². The summed E-state index contributed by atoms with van der Waals surface area (Å²) in [5.41, 5.74) is 5.10. The average Bonchev–Trinajstić information content (AvgIpc) is 3.23. The number of aromatic amines is 1. The van der Waals surface area contributed by atoms with Crippen LogP contribution in [0.5, 0.6) is 0 Å². The molecule has 0 radical (unpaired) electrons. The molecule has 0 spiro atoms. The Balaban J connectivity index is 1.28. The van der Waals surface area contributed by atoms with Crippen molar-refractivity contribution in [2.24, 2.45) is 0 Å². The second-order valence-electron chi connectivity index (χ2n) is 9.12. The van der Waals surface area contributed by atoms with Gasteiger partial charge in [-0.05, 0) is 49.2 Å². The van der Waals surface area contributed by atoms with Crippen molar-refractivity contribution in [2.45, 2.75) is 32.9 Å². The van der Waals surface area contributed by atoms with E-state index in [9.17, 15) is 4.79 Å². The van der Waals surface area contributed by atoms with Crippen LogP contribution >= 0.6 is 11.6 Å². The quantitative estimate of drug-likeness (QED) is 0.362. The monoisotopic (exact) mass is 474 g/mol. The number of H-pyrrole nitrogens is 1. The molecule has 6 heteroatoms. The maximum atomic E-state index is 13.2. The summed E-state index contributed by atoms with van der Waals surface area (Å²) in [6, 6.07) is 20.3. The van der Waals surface area contributed by atoms with Crippen LogP contribution in [0.3, 0.4) is 0 Å². The number of hydrogen-bond donors (Lipinski definition) is 2. The number of piperazine rings is 1. The van der Waals surface area contributed by atoms with Crippen LogP contribution in [0.15, 0.2) is 60.7 Å². The molecule has 1 aliphatic heterocycles. The van der Waals surface area contributed by atoms with Gasteiger partial charge in [-0.25, -0.2) is 0 Å². The van der Waals surface area contributed by atoms with Crippen molar-refractivity contribution in [2.75, 3.05) is 31.1 Å². The number of para-hydroxylation sites is 1. The van der Waals surface area contributed by atoms with E-state index in [1.165, 1.54) is 11.1 Å². The van der Waals surface area contributed by atoms with E-state index in [0.29, 0.717) is 5.56 Å². The van der Waals surface area contributed by atoms with Gasteiger partial charge in [0.05, 0.1) is 6.17 Å². The number of carbonyl (C=O) groups excluding carboxylic acids is 1. The molecule has 1 aromatic heterocycles. The van der Waals surface area contributed by atoms with Crippen molar-refractivity contribution in [3.05, 3.63) is 76.8 Å². The number of fused-ring (bicyclic) bond motifs is 3. The van der Waals surface area contributed by atoms with Crippen LogP contribution in [-0.2, 0) is 0 Å². The molecule has 2 heterocycles. The predicted molar refractivity (Wildman–Crippen MR) is 142 cm³/mol. The number of amides is 1. The number of carbonyl (C=O) groups is 1. The van der Waals surface area contributed by atoms with Crippen molar-refractivity contribution < 1.29 is 4.79 Å². The molecule has 1 atom stereocenters. The van der Waals surface area contributed by atoms with Gasteiger partial charge in [-0.2, -0.15) is 0 Å². The molecule has 1 amide bonds. The zero-order chi connectivity index (χ0) is 23.7. The lowest BCUT2D eigenvalue weighted by atomic mass is 10.1. The highest BCUT2D eigenvalue weighted by atomic mass is 35.5. The molecular formula is C28H31ClN4O. The van der Waals surface area contributed by atoms with Crippen molar-refractivity contribution in [3.8, 4) is 0 Å². The Labute approximate surface area is 205 Å². The summed E-state index contributed by atoms with van der Waals surface area (Å²) in [6.45, 7) is 7.88. The van der Waals surface area contributed by atoms with Gasteiger partial charge >= 0.3 is 0 Å². The van der Waals surface area contributed by atoms with E-state index in [4.69, 9.17) is 11.6 Å². The summed E-state index contributed by atoms with van der Waals surface area (Å²) < 4.78 is 0. The molecule has 5 nitrogen and oxygen atoms in total. The molecule has 0 aliphatic carbocycles. The number of anilines is 1. The van der Waals surface area contributed by atoms with Crippen LogP contribution in [0.4, 0.5) is 5.69 Å². The number of halogens is 1. The Morgan fingerprint density at radius 3 is 2.56 bits per heavy atom. The maximum absolute atomic E-state index is 13.2. The highest BCUT2D eigenvalue weighted by Gasteiger charge is 2.26. The third-order valence-electron chi connectivity index (χ3n) is 6.96. The molecule has 1 fully saturated rings. The van der Waals surface area contributed by atoms with Crippen LogP contribution < -0.4 is 10.2 Å². The average molecular weight is 475 g/mol. The first kappa shape index (κ1) is 22.8. The molecule has 4 aromatic rings. The first-order valence-electron chi connectivity index (χ1n) is 12.1. The van der Waals surface area contributed by atoms with E-state index >= 15 is 0 Å². The Hall–Kier alpha value is -3.02. The van der Waals surface area contributed by atoms with Crippen molar-refractivity contribution in [1.29, 1.82) is 0 Å². The van der Waals surface area contributed by atoms with E-state index in [1.807, 2.05) is 42.5 Å². The number of aromatic nitrogens is 1. The Morgan fingerprint density at radius 1 is 1.00 bits per heavy atom. The lowest BCUT2D eigenvalue weighted by Gasteiger charge is -2.41. The summed E-state index contributed by atoms with van der Waals surface area (Å²) in [4.78, 5) is 21.5. The maximum Gasteiger partial charge on any atom is 0.252 e. The number of benzene rings is 3. The van der Waals surface area contributed by atoms with Gasteiger partial charge in [-0.15, -0.1) is 0 Å². The zero-order valence-electron chi connectivity index (χ0n) is 19.8. The fourth-order valence-corrected chi connectivity index (χ4v) is 5.23. The van der Waals surface area contributed by atoms with Crippen LogP contribution in [0, 0.1) is 6.92 Å². The highest BCUT2D eigenvalue weighted by Crippen LogP contribution is 2.28. The molecule has 3 aromatic carbocycles. The van der Waals surface area contributed by atoms with Crippen molar-refractivity contribution >= 4 is 45.0 Å². The first-order valence-corrected chi connectivity index (χ1v) is 12.5. The first-order chi connectivity index (χ1) is 16.5. The van der Waals surface area contributed by atoms with Gasteiger partial charge in [0.25, 0.3) is 5.91 Å². The van der Waals surface area contributed by atoms with Gasteiger partial charge in [0, 0.05) is 64.3 Å². The summed E-state index contributed by atoms with van der Waals surface area (Å²) in [6.07, 6.45) is 1.97. The van der Waals surface area contributed by atoms with Crippen LogP contribution in [-0.4, -0.2) is 48.1 Å². The van der Waals surface area contributed by atoms with E-state index in [0.717, 1.165) is 66.0 Å². The van der Waals surface area contributed by atoms with E-state index in [-0.39, 0.29) is 12.1 Å². The highest BCUT2D eigenvalue weighted by molar-refractivity contribution is 6.31. The summed E-state index contributed by atoms with van der Waals surface area (Å²) in [7, 11) is 0. The topological polar surface area (TPSA) is 51.4 Å². The summed E-state index contributed by atoms with van der Waals surface area (Å²) in [5.74, 6) is -0.0212. The summed E-state index contributed by atoms with van der Waals surface area (Å²) >= 11 is 6.34. The molecule has 0 saturated carbocycles. The second kappa shape index (κ2) is 9.69. The number of nitrogens with zero attached hydrogens (tertiary/aromatic N) is 2. The Bertz CT molecular complexity index is 1320. The predicted octanol–water partition coefficient (Wildman–Crippen LogP) is 5.96. The number of rotatable bonds is 6. The number of hydrogen-bond acceptors (Lipinski definition) is 3. The van der Waals surface area contributed by atoms with Crippen LogP contribution in [0.2, 0.25) is 5.02 Å². The minimum absolute atomic E-state index is 0.0212. The van der Waals surface area contributed by atoms with Crippen molar-refractivity contribution in [1.82, 2.24) is 15.2 Å². The summed E-state index contributed by atoms with van der Waals surface area (Å²) in [5, 5.41) is 6.44. The van der Waals surface area contributed by atoms with Crippen molar-refractivity contribution in [3.63, 3.8) is 0 Å². The molecule has 0 bridgehead atoms. The molecule has 2 N–H and O–H groups in total. The SMILES string of the molecule is CCCC(NC(=O)c1ccc2c(c1)[nH]c1ccccc12)N1CCN(c2cccc(Cl)c2C)CC1. The molecule has 176 valence electrons. The van der Waals surface area contributed by atoms with Gasteiger partial charge in [0.2, 0.25) is 0 Å². The third kappa shape index (κ3) is 4.38. The standard InChI is InChI=1S/C28H31ClN4O/c1-3-7-27(33-16-14-32(15-17-33)26-11-6-9-23(29)19(26)2)31-28(34)20-12-13-22-21-8-4-5-10-24(21)30-25(22)18-20/h4-6,8-13,18,27,30H,3,7,14-17H2,1-2H3,(H,31,34). The third-order valence-corrected chi connectivity index (χ3v) is 7.37. The molecule has 5 rings (SSSR count). The van der Waals surface area contributed by atoms with Gasteiger partial charge in [0.15, 0.2) is 0 Å². The molecule has 1 saturated heterocycles. The smallest absolute Gasteiger partial charge is 0.252 e. The second-order valence-corrected chi connectivity index (χ2v) is 9.52. The molecule has 1 aliphatic rings. The Kier molecular flexibility index (Phi) is 6.48. The fraction of sp³-hybridized carbons (Fsp3) is 0.321.